The van der Waals surface area contributed by atoms with Crippen LogP contribution in [0.3, 0.4) is 0 Å². The van der Waals surface area contributed by atoms with Gasteiger partial charge in [-0.2, -0.15) is 0 Å². The molecule has 0 radical (unpaired) electrons. The van der Waals surface area contributed by atoms with Crippen molar-refractivity contribution in [1.82, 2.24) is 30.4 Å². The summed E-state index contributed by atoms with van der Waals surface area (Å²) in [6, 6.07) is 9.71. The number of H-pyrrole nitrogens is 1. The smallest absolute Gasteiger partial charge is 0.295 e. The minimum absolute atomic E-state index is 0.0723. The molecular formula is C34H42N10O4. The molecule has 5 rings (SSSR count). The van der Waals surface area contributed by atoms with Crippen LogP contribution in [0.25, 0.3) is 16.5 Å². The van der Waals surface area contributed by atoms with Crippen LogP contribution >= 0.6 is 0 Å². The number of fused-ring (bicyclic) bond motifs is 1. The number of hydrogen-bond donors (Lipinski definition) is 5. The number of benzene rings is 1. The van der Waals surface area contributed by atoms with E-state index in [2.05, 4.69) is 35.5 Å². The highest BCUT2D eigenvalue weighted by atomic mass is 16.5. The molecule has 6 N–H and O–H groups in total. The van der Waals surface area contributed by atoms with Crippen LogP contribution in [0.5, 0.6) is 5.75 Å². The minimum atomic E-state index is -0.676. The van der Waals surface area contributed by atoms with Crippen LogP contribution in [0, 0.1) is 5.41 Å². The zero-order valence-electron chi connectivity index (χ0n) is 27.1. The zero-order valence-corrected chi connectivity index (χ0v) is 27.1. The Hall–Kier alpha value is -5.21. The number of carbonyl (C=O) groups excluding carboxylic acids is 3. The van der Waals surface area contributed by atoms with Crippen molar-refractivity contribution in [1.29, 1.82) is 5.41 Å². The number of piperazine rings is 1. The maximum Gasteiger partial charge on any atom is 0.295 e. The summed E-state index contributed by atoms with van der Waals surface area (Å²) in [7, 11) is 1.45. The number of nitrogens with one attached hydrogen (secondary N) is 4. The molecule has 3 aromatic rings. The fourth-order valence-electron chi connectivity index (χ4n) is 5.95. The summed E-state index contributed by atoms with van der Waals surface area (Å²) in [5.74, 6) is -0.912. The van der Waals surface area contributed by atoms with E-state index in [-0.39, 0.29) is 29.5 Å². The minimum Gasteiger partial charge on any atom is -0.494 e. The van der Waals surface area contributed by atoms with Crippen molar-refractivity contribution in [3.05, 3.63) is 59.4 Å². The monoisotopic (exact) mass is 654 g/mol. The molecule has 0 saturated carbocycles. The Morgan fingerprint density at radius 2 is 1.88 bits per heavy atom. The van der Waals surface area contributed by atoms with Gasteiger partial charge in [0.25, 0.3) is 11.7 Å². The Kier molecular flexibility index (Phi) is 11.8. The molecule has 14 nitrogen and oxygen atoms in total. The third-order valence-electron chi connectivity index (χ3n) is 8.51. The van der Waals surface area contributed by atoms with E-state index in [1.54, 1.807) is 4.90 Å². The number of nitrogens with two attached hydrogens (primary N) is 1. The van der Waals surface area contributed by atoms with Crippen LogP contribution in [0.1, 0.15) is 41.6 Å². The second-order valence-electron chi connectivity index (χ2n) is 11.6. The Labute approximate surface area is 279 Å². The number of aromatic nitrogens is 2. The van der Waals surface area contributed by atoms with Crippen LogP contribution in [0.15, 0.2) is 58.3 Å². The molecule has 0 atom stereocenters. The molecule has 4 heterocycles. The lowest BCUT2D eigenvalue weighted by Gasteiger charge is -2.29. The molecule has 48 heavy (non-hydrogen) atoms. The molecule has 2 saturated heterocycles. The molecule has 2 aromatic heterocycles. The first kappa shape index (κ1) is 34.1. The van der Waals surface area contributed by atoms with Crippen molar-refractivity contribution in [2.45, 2.75) is 25.7 Å². The number of amides is 2. The van der Waals surface area contributed by atoms with Gasteiger partial charge in [0.15, 0.2) is 5.82 Å². The van der Waals surface area contributed by atoms with Crippen molar-refractivity contribution in [3.8, 4) is 5.75 Å². The van der Waals surface area contributed by atoms with Crippen LogP contribution < -0.4 is 21.1 Å². The van der Waals surface area contributed by atoms with Crippen LogP contribution in [0.2, 0.25) is 0 Å². The second kappa shape index (κ2) is 16.6. The predicted molar refractivity (Wildman–Crippen MR) is 186 cm³/mol. The number of ether oxygens (including phenoxy) is 1. The van der Waals surface area contributed by atoms with E-state index in [1.165, 1.54) is 32.1 Å². The second-order valence-corrected chi connectivity index (χ2v) is 11.6. The number of carbonyl (C=O) groups is 3. The lowest BCUT2D eigenvalue weighted by molar-refractivity contribution is -0.126. The van der Waals surface area contributed by atoms with E-state index >= 15 is 0 Å². The summed E-state index contributed by atoms with van der Waals surface area (Å²) in [6.07, 6.45) is 7.35. The number of likely N-dealkylation sites (tertiary alicyclic amines) is 1. The van der Waals surface area contributed by atoms with Gasteiger partial charge in [-0.3, -0.25) is 14.4 Å². The van der Waals surface area contributed by atoms with Crippen molar-refractivity contribution < 1.29 is 19.1 Å². The first-order valence-electron chi connectivity index (χ1n) is 16.1. The average Bonchev–Trinajstić information content (AvgIpc) is 3.57. The van der Waals surface area contributed by atoms with Crippen LogP contribution in [-0.2, 0) is 9.59 Å². The van der Waals surface area contributed by atoms with E-state index in [0.717, 1.165) is 55.9 Å². The summed E-state index contributed by atoms with van der Waals surface area (Å²) >= 11 is 0. The van der Waals surface area contributed by atoms with Crippen molar-refractivity contribution in [2.75, 3.05) is 59.5 Å². The largest absolute Gasteiger partial charge is 0.494 e. The van der Waals surface area contributed by atoms with Gasteiger partial charge in [-0.15, -0.1) is 0 Å². The number of nitrogens with zero attached hydrogens (tertiary/aromatic N) is 5. The standard InChI is InChI=1S/C34H42N10O4/c1-48-27-21-40-33(42-22-41-28(36)18-29(45)38-10-5-13-43-16-11-37-12-17-43)31-30(27)26(20-39-31)32(46)34(47)44-14-8-24(9-15-44)25(19-35)23-6-3-2-4-7-23/h2-4,6-7,19-22,35,37,39H,5,8-18H2,1H3,(H,38,45)(H2,36,40,41,42). The summed E-state index contributed by atoms with van der Waals surface area (Å²) in [4.78, 5) is 58.8. The van der Waals surface area contributed by atoms with Gasteiger partial charge < -0.3 is 41.3 Å². The third-order valence-corrected chi connectivity index (χ3v) is 8.51. The molecule has 252 valence electrons. The molecule has 14 heteroatoms. The highest BCUT2D eigenvalue weighted by Crippen LogP contribution is 2.34. The number of hydrogen-bond acceptors (Lipinski definition) is 9. The number of amidine groups is 1. The van der Waals surface area contributed by atoms with E-state index in [1.807, 2.05) is 30.3 Å². The Morgan fingerprint density at radius 3 is 2.58 bits per heavy atom. The molecule has 2 fully saturated rings. The molecular weight excluding hydrogens is 612 g/mol. The summed E-state index contributed by atoms with van der Waals surface area (Å²) in [5.41, 5.74) is 9.39. The van der Waals surface area contributed by atoms with Gasteiger partial charge in [0.05, 0.1) is 36.2 Å². The maximum atomic E-state index is 13.5. The van der Waals surface area contributed by atoms with Crippen molar-refractivity contribution >= 4 is 58.3 Å². The third kappa shape index (κ3) is 8.38. The molecule has 0 bridgehead atoms. The van der Waals surface area contributed by atoms with Gasteiger partial charge in [0.1, 0.15) is 17.9 Å². The van der Waals surface area contributed by atoms with Crippen LogP contribution in [-0.4, -0.2) is 115 Å². The summed E-state index contributed by atoms with van der Waals surface area (Å²) in [6.45, 7) is 6.24. The van der Waals surface area contributed by atoms with E-state index in [0.29, 0.717) is 49.1 Å². The Balaban J connectivity index is 1.20. The molecule has 0 spiro atoms. The Morgan fingerprint density at radius 1 is 1.12 bits per heavy atom. The molecule has 0 unspecified atom stereocenters. The van der Waals surface area contributed by atoms with Crippen molar-refractivity contribution in [2.24, 2.45) is 15.7 Å². The number of aliphatic imine (C=N–C) groups is 2. The van der Waals surface area contributed by atoms with Gasteiger partial charge in [-0.1, -0.05) is 35.9 Å². The van der Waals surface area contributed by atoms with E-state index in [9.17, 15) is 14.4 Å². The van der Waals surface area contributed by atoms with Gasteiger partial charge in [0.2, 0.25) is 5.91 Å². The first-order valence-corrected chi connectivity index (χ1v) is 16.1. The van der Waals surface area contributed by atoms with E-state index in [4.69, 9.17) is 15.9 Å². The molecule has 2 aliphatic rings. The first-order chi connectivity index (χ1) is 23.4. The lowest BCUT2D eigenvalue weighted by atomic mass is 9.93. The molecule has 2 amide bonds. The number of methoxy groups -OCH3 is 1. The topological polar surface area (TPSA) is 194 Å². The SMILES string of the molecule is COc1cnc(N=CN=C(N)CC(=O)NCCCN2CCNCC2)c2[nH]cc(C(=O)C(=O)N3CCC(=C(C=N)c4ccccc4)CC3)c12. The highest BCUT2D eigenvalue weighted by molar-refractivity contribution is 6.45. The summed E-state index contributed by atoms with van der Waals surface area (Å²) in [5, 5.41) is 14.5. The summed E-state index contributed by atoms with van der Waals surface area (Å²) < 4.78 is 5.48. The number of ketones is 1. The fourth-order valence-corrected chi connectivity index (χ4v) is 5.95. The zero-order chi connectivity index (χ0) is 33.9. The quantitative estimate of drug-likeness (QED) is 0.0609. The predicted octanol–water partition coefficient (Wildman–Crippen LogP) is 2.30. The lowest BCUT2D eigenvalue weighted by Crippen LogP contribution is -2.44. The molecule has 2 aliphatic heterocycles. The van der Waals surface area contributed by atoms with Gasteiger partial charge in [-0.25, -0.2) is 15.0 Å². The number of allylic oxidation sites excluding steroid dienone is 1. The number of Topliss-reactive ketones (excluding diaryl/α,β-unsaturated/α-hetero) is 1. The van der Waals surface area contributed by atoms with Gasteiger partial charge in [0, 0.05) is 58.2 Å². The number of rotatable bonds is 13. The van der Waals surface area contributed by atoms with Gasteiger partial charge in [-0.05, 0) is 36.9 Å². The van der Waals surface area contributed by atoms with Crippen LogP contribution in [0.4, 0.5) is 5.82 Å². The van der Waals surface area contributed by atoms with Crippen molar-refractivity contribution in [3.63, 3.8) is 0 Å². The average molecular weight is 655 g/mol. The van der Waals surface area contributed by atoms with Gasteiger partial charge >= 0.3 is 0 Å². The van der Waals surface area contributed by atoms with E-state index < -0.39 is 11.7 Å². The number of aromatic amines is 1. The maximum absolute atomic E-state index is 13.5. The molecule has 1 aromatic carbocycles. The number of pyridine rings is 1. The fraction of sp³-hybridized carbons (Fsp3) is 0.382. The normalized spacial score (nSPS) is 15.9. The number of piperidine rings is 1. The Bertz CT molecular complexity index is 1710. The highest BCUT2D eigenvalue weighted by Gasteiger charge is 2.30. The molecule has 0 aliphatic carbocycles.